The SMILES string of the molecule is CCCS(=O)(=O)N(CC(N)=NO)C1CCCC1. The van der Waals surface area contributed by atoms with E-state index in [9.17, 15) is 8.42 Å². The monoisotopic (exact) mass is 263 g/mol. The maximum Gasteiger partial charge on any atom is 0.214 e. The molecule has 1 aliphatic carbocycles. The van der Waals surface area contributed by atoms with Crippen LogP contribution < -0.4 is 5.73 Å². The highest BCUT2D eigenvalue weighted by Crippen LogP contribution is 2.25. The molecule has 1 saturated carbocycles. The molecule has 0 atom stereocenters. The van der Waals surface area contributed by atoms with Crippen molar-refractivity contribution in [2.45, 2.75) is 45.1 Å². The molecule has 0 aliphatic heterocycles. The van der Waals surface area contributed by atoms with Gasteiger partial charge in [0, 0.05) is 6.04 Å². The first kappa shape index (κ1) is 14.2. The van der Waals surface area contributed by atoms with Gasteiger partial charge in [0.1, 0.15) is 0 Å². The Morgan fingerprint density at radius 1 is 1.47 bits per heavy atom. The lowest BCUT2D eigenvalue weighted by atomic mass is 10.2. The lowest BCUT2D eigenvalue weighted by Crippen LogP contribution is -2.45. The number of nitrogens with zero attached hydrogens (tertiary/aromatic N) is 2. The third-order valence-corrected chi connectivity index (χ3v) is 5.06. The molecule has 7 heteroatoms. The van der Waals surface area contributed by atoms with E-state index in [0.29, 0.717) is 6.42 Å². The number of hydrogen-bond donors (Lipinski definition) is 2. The topological polar surface area (TPSA) is 96.0 Å². The number of hydrogen-bond acceptors (Lipinski definition) is 4. The van der Waals surface area contributed by atoms with Crippen LogP contribution in [0.3, 0.4) is 0 Å². The van der Waals surface area contributed by atoms with Gasteiger partial charge in [-0.2, -0.15) is 4.31 Å². The second-order valence-corrected chi connectivity index (χ2v) is 6.43. The smallest absolute Gasteiger partial charge is 0.214 e. The van der Waals surface area contributed by atoms with E-state index in [1.54, 1.807) is 0 Å². The molecule has 0 amide bonds. The van der Waals surface area contributed by atoms with Gasteiger partial charge >= 0.3 is 0 Å². The standard InChI is InChI=1S/C10H21N3O3S/c1-2-7-17(15,16)13(8-10(11)12-14)9-5-3-4-6-9/h9,14H,2-8H2,1H3,(H2,11,12). The van der Waals surface area contributed by atoms with Crippen molar-refractivity contribution in [3.8, 4) is 0 Å². The molecule has 0 bridgehead atoms. The van der Waals surface area contributed by atoms with Crippen LogP contribution in [0.15, 0.2) is 5.16 Å². The zero-order valence-corrected chi connectivity index (χ0v) is 11.0. The van der Waals surface area contributed by atoms with E-state index in [4.69, 9.17) is 10.9 Å². The highest BCUT2D eigenvalue weighted by atomic mass is 32.2. The van der Waals surface area contributed by atoms with Crippen LogP contribution in [-0.2, 0) is 10.0 Å². The summed E-state index contributed by atoms with van der Waals surface area (Å²) in [4.78, 5) is 0. The van der Waals surface area contributed by atoms with Gasteiger partial charge in [-0.25, -0.2) is 8.42 Å². The van der Waals surface area contributed by atoms with Gasteiger partial charge < -0.3 is 10.9 Å². The van der Waals surface area contributed by atoms with Crippen LogP contribution in [0.5, 0.6) is 0 Å². The molecule has 1 rings (SSSR count). The first-order chi connectivity index (χ1) is 8.01. The molecular formula is C10H21N3O3S. The van der Waals surface area contributed by atoms with Crippen LogP contribution in [0.1, 0.15) is 39.0 Å². The third kappa shape index (κ3) is 3.85. The van der Waals surface area contributed by atoms with E-state index >= 15 is 0 Å². The van der Waals surface area contributed by atoms with E-state index in [2.05, 4.69) is 5.16 Å². The molecule has 0 heterocycles. The van der Waals surface area contributed by atoms with Crippen molar-refractivity contribution in [3.05, 3.63) is 0 Å². The van der Waals surface area contributed by atoms with Crippen molar-refractivity contribution in [2.75, 3.05) is 12.3 Å². The van der Waals surface area contributed by atoms with Crippen molar-refractivity contribution in [1.82, 2.24) is 4.31 Å². The van der Waals surface area contributed by atoms with Gasteiger partial charge in [-0.15, -0.1) is 0 Å². The van der Waals surface area contributed by atoms with Crippen LogP contribution in [0.2, 0.25) is 0 Å². The van der Waals surface area contributed by atoms with Crippen molar-refractivity contribution in [3.63, 3.8) is 0 Å². The summed E-state index contributed by atoms with van der Waals surface area (Å²) in [5, 5.41) is 11.4. The summed E-state index contributed by atoms with van der Waals surface area (Å²) in [6, 6.07) is 0.00634. The van der Waals surface area contributed by atoms with Gasteiger partial charge in [-0.3, -0.25) is 0 Å². The van der Waals surface area contributed by atoms with Gasteiger partial charge in [-0.1, -0.05) is 24.9 Å². The number of sulfonamides is 1. The molecule has 0 spiro atoms. The maximum atomic E-state index is 12.1. The number of amidine groups is 1. The molecule has 0 aromatic rings. The molecule has 0 aromatic carbocycles. The fourth-order valence-electron chi connectivity index (χ4n) is 2.21. The van der Waals surface area contributed by atoms with Crippen molar-refractivity contribution < 1.29 is 13.6 Å². The van der Waals surface area contributed by atoms with E-state index in [1.807, 2.05) is 6.92 Å². The minimum atomic E-state index is -3.30. The zero-order chi connectivity index (χ0) is 12.9. The van der Waals surface area contributed by atoms with Gasteiger partial charge in [0.2, 0.25) is 10.0 Å². The minimum Gasteiger partial charge on any atom is -0.409 e. The Hall–Kier alpha value is -0.820. The lowest BCUT2D eigenvalue weighted by Gasteiger charge is -2.27. The summed E-state index contributed by atoms with van der Waals surface area (Å²) in [6.45, 7) is 1.82. The molecule has 6 nitrogen and oxygen atoms in total. The molecule has 3 N–H and O–H groups in total. The van der Waals surface area contributed by atoms with E-state index < -0.39 is 10.0 Å². The minimum absolute atomic E-state index is 0.00634. The average Bonchev–Trinajstić information content (AvgIpc) is 2.78. The van der Waals surface area contributed by atoms with Crippen molar-refractivity contribution in [1.29, 1.82) is 0 Å². The predicted octanol–water partition coefficient (Wildman–Crippen LogP) is 0.717. The summed E-state index contributed by atoms with van der Waals surface area (Å²) in [7, 11) is -3.30. The normalized spacial score (nSPS) is 19.1. The van der Waals surface area contributed by atoms with Gasteiger partial charge in [-0.05, 0) is 19.3 Å². The molecule has 17 heavy (non-hydrogen) atoms. The first-order valence-corrected chi connectivity index (χ1v) is 7.58. The Morgan fingerprint density at radius 3 is 2.53 bits per heavy atom. The quantitative estimate of drug-likeness (QED) is 0.319. The van der Waals surface area contributed by atoms with Gasteiger partial charge in [0.15, 0.2) is 5.84 Å². The molecule has 100 valence electrons. The summed E-state index contributed by atoms with van der Waals surface area (Å²) >= 11 is 0. The Kier molecular flexibility index (Phi) is 5.20. The molecule has 0 radical (unpaired) electrons. The molecule has 1 fully saturated rings. The fraction of sp³-hybridized carbons (Fsp3) is 0.900. The van der Waals surface area contributed by atoms with Gasteiger partial charge in [0.25, 0.3) is 0 Å². The Balaban J connectivity index is 2.85. The summed E-state index contributed by atoms with van der Waals surface area (Å²) in [5.74, 6) is 0.0546. The predicted molar refractivity (Wildman–Crippen MR) is 66.4 cm³/mol. The second-order valence-electron chi connectivity index (χ2n) is 4.39. The summed E-state index contributed by atoms with van der Waals surface area (Å²) < 4.78 is 25.6. The van der Waals surface area contributed by atoms with Crippen LogP contribution in [0, 0.1) is 0 Å². The van der Waals surface area contributed by atoms with Crippen molar-refractivity contribution >= 4 is 15.9 Å². The lowest BCUT2D eigenvalue weighted by molar-refractivity contribution is 0.308. The van der Waals surface area contributed by atoms with E-state index in [0.717, 1.165) is 25.7 Å². The largest absolute Gasteiger partial charge is 0.409 e. The maximum absolute atomic E-state index is 12.1. The highest BCUT2D eigenvalue weighted by Gasteiger charge is 2.31. The fourth-order valence-corrected chi connectivity index (χ4v) is 3.96. The number of rotatable bonds is 6. The molecular weight excluding hydrogens is 242 g/mol. The number of oxime groups is 1. The van der Waals surface area contributed by atoms with Crippen LogP contribution >= 0.6 is 0 Å². The average molecular weight is 263 g/mol. The van der Waals surface area contributed by atoms with E-state index in [-0.39, 0.29) is 24.2 Å². The highest BCUT2D eigenvalue weighted by molar-refractivity contribution is 7.89. The third-order valence-electron chi connectivity index (χ3n) is 3.00. The van der Waals surface area contributed by atoms with Crippen molar-refractivity contribution in [2.24, 2.45) is 10.9 Å². The Labute approximate surface area is 103 Å². The molecule has 0 aromatic heterocycles. The van der Waals surface area contributed by atoms with Crippen LogP contribution in [0.4, 0.5) is 0 Å². The summed E-state index contributed by atoms with van der Waals surface area (Å²) in [6.07, 6.45) is 4.38. The summed E-state index contributed by atoms with van der Waals surface area (Å²) in [5.41, 5.74) is 5.43. The number of nitrogens with two attached hydrogens (primary N) is 1. The zero-order valence-electron chi connectivity index (χ0n) is 10.2. The van der Waals surface area contributed by atoms with E-state index in [1.165, 1.54) is 4.31 Å². The molecule has 1 aliphatic rings. The molecule has 0 unspecified atom stereocenters. The van der Waals surface area contributed by atoms with Gasteiger partial charge in [0.05, 0.1) is 12.3 Å². The van der Waals surface area contributed by atoms with Crippen LogP contribution in [-0.4, -0.2) is 42.1 Å². The second kappa shape index (κ2) is 6.20. The Bertz CT molecular complexity index is 361. The molecule has 0 saturated heterocycles. The first-order valence-electron chi connectivity index (χ1n) is 5.97. The Morgan fingerprint density at radius 2 is 2.06 bits per heavy atom. The van der Waals surface area contributed by atoms with Crippen LogP contribution in [0.25, 0.3) is 0 Å².